The smallest absolute Gasteiger partial charge is 0.245 e. The van der Waals surface area contributed by atoms with Crippen molar-refractivity contribution in [2.24, 2.45) is 0 Å². The fraction of sp³-hybridized carbons (Fsp3) is 0.409. The largest absolute Gasteiger partial charge is 0.353 e. The summed E-state index contributed by atoms with van der Waals surface area (Å²) in [5.74, 6) is 2.90. The van der Waals surface area contributed by atoms with Crippen LogP contribution < -0.4 is 9.80 Å². The Morgan fingerprint density at radius 2 is 1.44 bits per heavy atom. The monoisotopic (exact) mass is 487 g/mol. The van der Waals surface area contributed by atoms with E-state index in [0.717, 1.165) is 31.6 Å². The van der Waals surface area contributed by atoms with Crippen LogP contribution in [0, 0.1) is 0 Å². The van der Waals surface area contributed by atoms with Crippen molar-refractivity contribution in [3.63, 3.8) is 0 Å². The van der Waals surface area contributed by atoms with Gasteiger partial charge in [0.15, 0.2) is 17.5 Å². The molecular weight excluding hydrogens is 462 g/mol. The van der Waals surface area contributed by atoms with Gasteiger partial charge in [-0.05, 0) is 31.4 Å². The molecular formula is C22H25N13O. The number of hydrogen-bond acceptors (Lipinski definition) is 11. The minimum absolute atomic E-state index is 0.141. The second kappa shape index (κ2) is 9.64. The van der Waals surface area contributed by atoms with E-state index in [2.05, 4.69) is 50.1 Å². The minimum Gasteiger partial charge on any atom is -0.353 e. The number of amides is 1. The number of piperazine rings is 1. The van der Waals surface area contributed by atoms with Gasteiger partial charge in [0.1, 0.15) is 43.5 Å². The minimum atomic E-state index is -0.241. The second-order valence-corrected chi connectivity index (χ2v) is 8.68. The van der Waals surface area contributed by atoms with Gasteiger partial charge in [0.05, 0.1) is 0 Å². The summed E-state index contributed by atoms with van der Waals surface area (Å²) < 4.78 is 3.16. The van der Waals surface area contributed by atoms with Crippen LogP contribution in [-0.4, -0.2) is 99.3 Å². The van der Waals surface area contributed by atoms with Gasteiger partial charge >= 0.3 is 0 Å². The lowest BCUT2D eigenvalue weighted by molar-refractivity contribution is -0.133. The quantitative estimate of drug-likeness (QED) is 0.379. The Morgan fingerprint density at radius 3 is 2.14 bits per heavy atom. The lowest BCUT2D eigenvalue weighted by Crippen LogP contribution is -2.56. The number of rotatable bonds is 5. The summed E-state index contributed by atoms with van der Waals surface area (Å²) >= 11 is 0. The fourth-order valence-electron chi connectivity index (χ4n) is 4.71. The van der Waals surface area contributed by atoms with E-state index in [4.69, 9.17) is 0 Å². The van der Waals surface area contributed by atoms with Gasteiger partial charge in [-0.15, -0.1) is 10.2 Å². The molecule has 4 aromatic rings. The molecule has 6 heterocycles. The van der Waals surface area contributed by atoms with Gasteiger partial charge in [0.2, 0.25) is 5.91 Å². The molecule has 36 heavy (non-hydrogen) atoms. The van der Waals surface area contributed by atoms with Crippen molar-refractivity contribution >= 4 is 17.5 Å². The summed E-state index contributed by atoms with van der Waals surface area (Å²) in [6.45, 7) is 3.42. The molecule has 1 atom stereocenters. The number of carbonyl (C=O) groups is 1. The van der Waals surface area contributed by atoms with Gasteiger partial charge in [0.25, 0.3) is 0 Å². The number of carbonyl (C=O) groups excluding carboxylic acids is 1. The average molecular weight is 488 g/mol. The summed E-state index contributed by atoms with van der Waals surface area (Å²) in [6.07, 6.45) is 10.5. The van der Waals surface area contributed by atoms with Crippen LogP contribution in [0.5, 0.6) is 0 Å². The molecule has 0 spiro atoms. The van der Waals surface area contributed by atoms with E-state index >= 15 is 0 Å². The van der Waals surface area contributed by atoms with Gasteiger partial charge in [-0.2, -0.15) is 10.2 Å². The molecule has 0 radical (unpaired) electrons. The molecule has 1 amide bonds. The molecule has 184 valence electrons. The molecule has 14 nitrogen and oxygen atoms in total. The van der Waals surface area contributed by atoms with Gasteiger partial charge < -0.3 is 14.7 Å². The summed E-state index contributed by atoms with van der Waals surface area (Å²) in [7, 11) is 0. The zero-order chi connectivity index (χ0) is 24.3. The molecule has 14 heteroatoms. The Hall–Kier alpha value is -4.49. The highest BCUT2D eigenvalue weighted by Gasteiger charge is 2.34. The summed E-state index contributed by atoms with van der Waals surface area (Å²) in [5, 5.41) is 16.9. The van der Waals surface area contributed by atoms with Gasteiger partial charge in [0, 0.05) is 38.8 Å². The fourth-order valence-corrected chi connectivity index (χ4v) is 4.71. The standard InChI is InChI=1S/C22H25N13O/c36-22(17-3-1-2-6-33(17)18-4-5-19(30-29-18)34-15-23-12-27-34)32-9-7-31(8-10-32)20-11-21(26-14-25-20)35-16-24-13-28-35/h4-5,11-17H,1-3,6-10H2. The summed E-state index contributed by atoms with van der Waals surface area (Å²) in [4.78, 5) is 36.4. The van der Waals surface area contributed by atoms with Crippen molar-refractivity contribution in [1.29, 1.82) is 0 Å². The number of anilines is 2. The topological polar surface area (TPSA) is 140 Å². The van der Waals surface area contributed by atoms with Crippen molar-refractivity contribution in [1.82, 2.24) is 54.6 Å². The van der Waals surface area contributed by atoms with Crippen LogP contribution >= 0.6 is 0 Å². The normalized spacial score (nSPS) is 18.4. The Kier molecular flexibility index (Phi) is 5.89. The Morgan fingerprint density at radius 1 is 0.750 bits per heavy atom. The van der Waals surface area contributed by atoms with Gasteiger partial charge in [-0.1, -0.05) is 0 Å². The third-order valence-electron chi connectivity index (χ3n) is 6.58. The number of aromatic nitrogens is 10. The van der Waals surface area contributed by atoms with E-state index in [0.29, 0.717) is 43.6 Å². The Labute approximate surface area is 206 Å². The maximum Gasteiger partial charge on any atom is 0.245 e. The zero-order valence-electron chi connectivity index (χ0n) is 19.6. The third-order valence-corrected chi connectivity index (χ3v) is 6.58. The molecule has 2 aliphatic rings. The molecule has 6 rings (SSSR count). The first-order valence-electron chi connectivity index (χ1n) is 11.9. The van der Waals surface area contributed by atoms with E-state index in [1.54, 1.807) is 22.0 Å². The predicted molar refractivity (Wildman–Crippen MR) is 128 cm³/mol. The molecule has 0 N–H and O–H groups in total. The average Bonchev–Trinajstić information content (AvgIpc) is 3.68. The molecule has 4 aromatic heterocycles. The van der Waals surface area contributed by atoms with Crippen LogP contribution in [0.1, 0.15) is 19.3 Å². The summed E-state index contributed by atoms with van der Waals surface area (Å²) in [6, 6.07) is 5.39. The van der Waals surface area contributed by atoms with Gasteiger partial charge in [-0.3, -0.25) is 4.79 Å². The van der Waals surface area contributed by atoms with Crippen LogP contribution in [0.3, 0.4) is 0 Å². The molecule has 0 bridgehead atoms. The molecule has 2 fully saturated rings. The van der Waals surface area contributed by atoms with Crippen molar-refractivity contribution in [2.75, 3.05) is 42.5 Å². The van der Waals surface area contributed by atoms with Crippen LogP contribution in [0.4, 0.5) is 11.6 Å². The maximum atomic E-state index is 13.6. The first kappa shape index (κ1) is 22.0. The highest BCUT2D eigenvalue weighted by Crippen LogP contribution is 2.25. The SMILES string of the molecule is O=C(C1CCCCN1c1ccc(-n2cncn2)nn1)N1CCN(c2cc(-n3cncn3)ncn2)CC1. The van der Waals surface area contributed by atoms with Crippen molar-refractivity contribution in [3.8, 4) is 11.6 Å². The first-order valence-corrected chi connectivity index (χ1v) is 11.9. The lowest BCUT2D eigenvalue weighted by Gasteiger charge is -2.41. The van der Waals surface area contributed by atoms with E-state index < -0.39 is 0 Å². The molecule has 0 saturated carbocycles. The van der Waals surface area contributed by atoms with Crippen LogP contribution in [0.25, 0.3) is 11.6 Å². The van der Waals surface area contributed by atoms with Crippen LogP contribution in [-0.2, 0) is 4.79 Å². The number of nitrogens with zero attached hydrogens (tertiary/aromatic N) is 13. The van der Waals surface area contributed by atoms with Crippen molar-refractivity contribution in [3.05, 3.63) is 49.8 Å². The number of hydrogen-bond donors (Lipinski definition) is 0. The molecule has 0 aliphatic carbocycles. The maximum absolute atomic E-state index is 13.6. The zero-order valence-corrected chi connectivity index (χ0v) is 19.6. The molecule has 2 aliphatic heterocycles. The predicted octanol–water partition coefficient (Wildman–Crippen LogP) is 0.136. The van der Waals surface area contributed by atoms with Gasteiger partial charge in [-0.25, -0.2) is 29.3 Å². The Balaban J connectivity index is 1.12. The summed E-state index contributed by atoms with van der Waals surface area (Å²) in [5.41, 5.74) is 0. The van der Waals surface area contributed by atoms with E-state index in [-0.39, 0.29) is 11.9 Å². The highest BCUT2D eigenvalue weighted by atomic mass is 16.2. The number of piperidine rings is 1. The second-order valence-electron chi connectivity index (χ2n) is 8.68. The van der Waals surface area contributed by atoms with Crippen LogP contribution in [0.15, 0.2) is 49.8 Å². The third kappa shape index (κ3) is 4.32. The highest BCUT2D eigenvalue weighted by molar-refractivity contribution is 5.85. The molecule has 1 unspecified atom stereocenters. The van der Waals surface area contributed by atoms with E-state index in [1.807, 2.05) is 23.1 Å². The Bertz CT molecular complexity index is 1280. The molecule has 0 aromatic carbocycles. The lowest BCUT2D eigenvalue weighted by atomic mass is 10.0. The first-order chi connectivity index (χ1) is 17.8. The molecule has 2 saturated heterocycles. The van der Waals surface area contributed by atoms with Crippen molar-refractivity contribution < 1.29 is 4.79 Å². The van der Waals surface area contributed by atoms with E-state index in [9.17, 15) is 4.79 Å². The van der Waals surface area contributed by atoms with E-state index in [1.165, 1.54) is 19.0 Å². The van der Waals surface area contributed by atoms with Crippen molar-refractivity contribution in [2.45, 2.75) is 25.3 Å². The van der Waals surface area contributed by atoms with Crippen LogP contribution in [0.2, 0.25) is 0 Å².